The molecule has 0 bridgehead atoms. The van der Waals surface area contributed by atoms with Crippen LogP contribution in [0.25, 0.3) is 11.0 Å². The summed E-state index contributed by atoms with van der Waals surface area (Å²) in [5.74, 6) is 0.625. The van der Waals surface area contributed by atoms with Crippen molar-refractivity contribution in [3.63, 3.8) is 0 Å². The van der Waals surface area contributed by atoms with Crippen LogP contribution in [0.4, 0.5) is 11.4 Å². The van der Waals surface area contributed by atoms with E-state index < -0.39 is 10.8 Å². The Bertz CT molecular complexity index is 1120. The molecule has 0 spiro atoms. The monoisotopic (exact) mass is 422 g/mol. The highest BCUT2D eigenvalue weighted by molar-refractivity contribution is 6.05. The molecule has 1 saturated heterocycles. The number of anilines is 1. The zero-order valence-electron chi connectivity index (χ0n) is 17.7. The molecular formula is C22H26N6O3. The maximum atomic E-state index is 12.6. The number of fused-ring (bicyclic) bond motifs is 1. The van der Waals surface area contributed by atoms with Crippen LogP contribution in [0.3, 0.4) is 0 Å². The number of nitrogens with zero attached hydrogens (tertiary/aromatic N) is 5. The average Bonchev–Trinajstić information content (AvgIpc) is 3.11. The van der Waals surface area contributed by atoms with E-state index in [2.05, 4.69) is 33.7 Å². The lowest BCUT2D eigenvalue weighted by Crippen LogP contribution is -2.44. The van der Waals surface area contributed by atoms with Crippen molar-refractivity contribution in [1.29, 1.82) is 0 Å². The zero-order valence-corrected chi connectivity index (χ0v) is 17.7. The summed E-state index contributed by atoms with van der Waals surface area (Å²) in [6.45, 7) is 7.87. The van der Waals surface area contributed by atoms with Crippen molar-refractivity contribution >= 4 is 28.3 Å². The number of likely N-dealkylation sites (N-methyl/N-ethyl adjacent to an activating group) is 1. The molecule has 2 aromatic carbocycles. The van der Waals surface area contributed by atoms with Gasteiger partial charge in [-0.2, -0.15) is 0 Å². The Kier molecular flexibility index (Phi) is 5.97. The molecule has 0 unspecified atom stereocenters. The minimum absolute atomic E-state index is 0.113. The number of nitro benzene ring substituents is 1. The van der Waals surface area contributed by atoms with Gasteiger partial charge in [-0.25, -0.2) is 4.98 Å². The van der Waals surface area contributed by atoms with E-state index in [-0.39, 0.29) is 11.3 Å². The second-order valence-electron chi connectivity index (χ2n) is 7.82. The number of non-ortho nitro benzene ring substituents is 1. The maximum absolute atomic E-state index is 12.6. The van der Waals surface area contributed by atoms with Gasteiger partial charge in [-0.15, -0.1) is 0 Å². The molecule has 0 aliphatic carbocycles. The first-order chi connectivity index (χ1) is 14.9. The highest BCUT2D eigenvalue weighted by Gasteiger charge is 2.18. The van der Waals surface area contributed by atoms with Crippen LogP contribution in [0.5, 0.6) is 0 Å². The molecule has 162 valence electrons. The lowest BCUT2D eigenvalue weighted by molar-refractivity contribution is -0.384. The Morgan fingerprint density at radius 2 is 1.94 bits per heavy atom. The molecule has 1 aromatic heterocycles. The highest BCUT2D eigenvalue weighted by atomic mass is 16.6. The molecule has 4 rings (SSSR count). The topological polar surface area (TPSA) is 96.5 Å². The van der Waals surface area contributed by atoms with E-state index in [9.17, 15) is 14.9 Å². The smallest absolute Gasteiger partial charge is 0.270 e. The third-order valence-corrected chi connectivity index (χ3v) is 5.68. The number of carbonyl (C=O) groups excluding carboxylic acids is 1. The molecule has 0 saturated carbocycles. The molecule has 1 fully saturated rings. The SMILES string of the molecule is CCn1c(CN2CCN(C)CC2)nc2cc(NC(=O)c3cccc([N+](=O)[O-])c3)ccc21. The van der Waals surface area contributed by atoms with Crippen LogP contribution in [-0.2, 0) is 13.1 Å². The van der Waals surface area contributed by atoms with Crippen LogP contribution in [0.15, 0.2) is 42.5 Å². The second kappa shape index (κ2) is 8.83. The van der Waals surface area contributed by atoms with Crippen LogP contribution in [0, 0.1) is 10.1 Å². The van der Waals surface area contributed by atoms with Crippen molar-refractivity contribution in [3.05, 3.63) is 64.0 Å². The van der Waals surface area contributed by atoms with Crippen molar-refractivity contribution in [2.24, 2.45) is 0 Å². The van der Waals surface area contributed by atoms with Crippen LogP contribution in [0.2, 0.25) is 0 Å². The molecule has 1 N–H and O–H groups in total. The fraction of sp³-hybridized carbons (Fsp3) is 0.364. The van der Waals surface area contributed by atoms with E-state index in [4.69, 9.17) is 4.98 Å². The highest BCUT2D eigenvalue weighted by Crippen LogP contribution is 2.23. The number of nitro groups is 1. The van der Waals surface area contributed by atoms with Crippen molar-refractivity contribution in [2.75, 3.05) is 38.5 Å². The summed E-state index contributed by atoms with van der Waals surface area (Å²) in [4.78, 5) is 32.6. The van der Waals surface area contributed by atoms with Gasteiger partial charge in [0.1, 0.15) is 5.82 Å². The lowest BCUT2D eigenvalue weighted by Gasteiger charge is -2.32. The summed E-state index contributed by atoms with van der Waals surface area (Å²) < 4.78 is 2.21. The Hall–Kier alpha value is -3.30. The number of aryl methyl sites for hydroxylation is 1. The molecule has 3 aromatic rings. The molecule has 1 aliphatic heterocycles. The van der Waals surface area contributed by atoms with Crippen molar-refractivity contribution < 1.29 is 9.72 Å². The molecular weight excluding hydrogens is 396 g/mol. The average molecular weight is 422 g/mol. The van der Waals surface area contributed by atoms with E-state index in [1.165, 1.54) is 18.2 Å². The third-order valence-electron chi connectivity index (χ3n) is 5.68. The summed E-state index contributed by atoms with van der Waals surface area (Å²) in [6, 6.07) is 11.3. The number of amides is 1. The van der Waals surface area contributed by atoms with Gasteiger partial charge in [-0.1, -0.05) is 6.07 Å². The van der Waals surface area contributed by atoms with Gasteiger partial charge in [0, 0.05) is 56.1 Å². The Balaban J connectivity index is 1.54. The van der Waals surface area contributed by atoms with Crippen molar-refractivity contribution in [2.45, 2.75) is 20.0 Å². The maximum Gasteiger partial charge on any atom is 0.270 e. The van der Waals surface area contributed by atoms with E-state index >= 15 is 0 Å². The van der Waals surface area contributed by atoms with Crippen LogP contribution in [-0.4, -0.2) is 63.4 Å². The number of piperazine rings is 1. The third kappa shape index (κ3) is 4.57. The Morgan fingerprint density at radius 3 is 2.65 bits per heavy atom. The van der Waals surface area contributed by atoms with Gasteiger partial charge in [0.25, 0.3) is 11.6 Å². The summed E-state index contributed by atoms with van der Waals surface area (Å²) in [5, 5.41) is 13.8. The van der Waals surface area contributed by atoms with Crippen LogP contribution >= 0.6 is 0 Å². The fourth-order valence-corrected chi connectivity index (χ4v) is 3.90. The quantitative estimate of drug-likeness (QED) is 0.485. The number of nitrogens with one attached hydrogen (secondary N) is 1. The standard InChI is InChI=1S/C22H26N6O3/c1-3-27-20-8-7-17(23-22(29)16-5-4-6-18(13-16)28(30)31)14-19(20)24-21(27)15-26-11-9-25(2)10-12-26/h4-8,13-14H,3,9-12,15H2,1-2H3,(H,23,29). The van der Waals surface area contributed by atoms with Crippen molar-refractivity contribution in [3.8, 4) is 0 Å². The van der Waals surface area contributed by atoms with E-state index in [0.29, 0.717) is 5.69 Å². The van der Waals surface area contributed by atoms with Gasteiger partial charge in [0.2, 0.25) is 0 Å². The normalized spacial score (nSPS) is 15.3. The molecule has 0 atom stereocenters. The number of carbonyl (C=O) groups is 1. The largest absolute Gasteiger partial charge is 0.327 e. The molecule has 1 amide bonds. The van der Waals surface area contributed by atoms with Crippen LogP contribution < -0.4 is 5.32 Å². The van der Waals surface area contributed by atoms with Gasteiger partial charge in [0.05, 0.1) is 22.5 Å². The predicted molar refractivity (Wildman–Crippen MR) is 119 cm³/mol. The zero-order chi connectivity index (χ0) is 22.0. The molecule has 31 heavy (non-hydrogen) atoms. The number of hydrogen-bond acceptors (Lipinski definition) is 6. The molecule has 9 heteroatoms. The predicted octanol–water partition coefficient (Wildman–Crippen LogP) is 2.96. The number of aromatic nitrogens is 2. The van der Waals surface area contributed by atoms with Gasteiger partial charge >= 0.3 is 0 Å². The number of imidazole rings is 1. The number of rotatable bonds is 6. The van der Waals surface area contributed by atoms with E-state index in [1.54, 1.807) is 6.07 Å². The first-order valence-corrected chi connectivity index (χ1v) is 10.4. The van der Waals surface area contributed by atoms with E-state index in [1.807, 2.05) is 18.2 Å². The summed E-state index contributed by atoms with van der Waals surface area (Å²) in [7, 11) is 2.14. The number of hydrogen-bond donors (Lipinski definition) is 1. The molecule has 2 heterocycles. The molecule has 1 aliphatic rings. The van der Waals surface area contributed by atoms with Gasteiger partial charge in [0.15, 0.2) is 0 Å². The van der Waals surface area contributed by atoms with Crippen molar-refractivity contribution in [1.82, 2.24) is 19.4 Å². The minimum Gasteiger partial charge on any atom is -0.327 e. The molecule has 0 radical (unpaired) electrons. The minimum atomic E-state index is -0.512. The van der Waals surface area contributed by atoms with E-state index in [0.717, 1.165) is 56.1 Å². The first-order valence-electron chi connectivity index (χ1n) is 10.4. The van der Waals surface area contributed by atoms with Gasteiger partial charge in [-0.05, 0) is 38.2 Å². The fourth-order valence-electron chi connectivity index (χ4n) is 3.90. The summed E-state index contributed by atoms with van der Waals surface area (Å²) >= 11 is 0. The van der Waals surface area contributed by atoms with Gasteiger partial charge < -0.3 is 14.8 Å². The van der Waals surface area contributed by atoms with Crippen LogP contribution in [0.1, 0.15) is 23.1 Å². The Labute approximate surface area is 180 Å². The lowest BCUT2D eigenvalue weighted by atomic mass is 10.2. The Morgan fingerprint density at radius 1 is 1.16 bits per heavy atom. The van der Waals surface area contributed by atoms with Gasteiger partial charge in [-0.3, -0.25) is 19.8 Å². The first kappa shape index (κ1) is 21.0. The second-order valence-corrected chi connectivity index (χ2v) is 7.82. The summed E-state index contributed by atoms with van der Waals surface area (Å²) in [6.07, 6.45) is 0. The number of benzene rings is 2. The summed E-state index contributed by atoms with van der Waals surface area (Å²) in [5.41, 5.74) is 2.58. The molecule has 9 nitrogen and oxygen atoms in total.